The molecule has 26 heavy (non-hydrogen) atoms. The zero-order chi connectivity index (χ0) is 17.9. The standard InChI is InChI=1S/C18H12N6O2/c19-10-12-11-20-24(13-5-2-1-3-6-13)17(12)21-18(25)15-9-14(22-23-15)16-7-4-8-26-16/h1-9,11H,(H,21,25)(H,22,23). The van der Waals surface area contributed by atoms with Gasteiger partial charge in [-0.15, -0.1) is 0 Å². The quantitative estimate of drug-likeness (QED) is 0.591. The van der Waals surface area contributed by atoms with Gasteiger partial charge in [0.05, 0.1) is 18.1 Å². The van der Waals surface area contributed by atoms with E-state index in [1.54, 1.807) is 18.2 Å². The summed E-state index contributed by atoms with van der Waals surface area (Å²) >= 11 is 0. The molecule has 126 valence electrons. The van der Waals surface area contributed by atoms with Gasteiger partial charge in [0.25, 0.3) is 5.91 Å². The van der Waals surface area contributed by atoms with E-state index in [-0.39, 0.29) is 17.1 Å². The predicted octanol–water partition coefficient (Wildman–Crippen LogP) is 2.98. The number of para-hydroxylation sites is 1. The zero-order valence-electron chi connectivity index (χ0n) is 13.4. The van der Waals surface area contributed by atoms with E-state index in [1.165, 1.54) is 17.1 Å². The van der Waals surface area contributed by atoms with Crippen LogP contribution in [-0.4, -0.2) is 25.9 Å². The van der Waals surface area contributed by atoms with Crippen molar-refractivity contribution in [3.63, 3.8) is 0 Å². The van der Waals surface area contributed by atoms with E-state index in [9.17, 15) is 10.1 Å². The summed E-state index contributed by atoms with van der Waals surface area (Å²) in [6, 6.07) is 16.3. The number of benzene rings is 1. The average Bonchev–Trinajstić information content (AvgIpc) is 3.42. The van der Waals surface area contributed by atoms with Crippen molar-refractivity contribution in [3.8, 4) is 23.2 Å². The van der Waals surface area contributed by atoms with Gasteiger partial charge in [0.15, 0.2) is 17.3 Å². The third-order valence-electron chi connectivity index (χ3n) is 3.72. The maximum absolute atomic E-state index is 12.6. The number of aromatic nitrogens is 4. The number of hydrogen-bond donors (Lipinski definition) is 2. The van der Waals surface area contributed by atoms with E-state index < -0.39 is 5.91 Å². The van der Waals surface area contributed by atoms with Crippen LogP contribution in [0.3, 0.4) is 0 Å². The van der Waals surface area contributed by atoms with Crippen LogP contribution < -0.4 is 5.32 Å². The molecule has 0 aliphatic carbocycles. The van der Waals surface area contributed by atoms with Gasteiger partial charge in [0, 0.05) is 6.07 Å². The highest BCUT2D eigenvalue weighted by Gasteiger charge is 2.18. The summed E-state index contributed by atoms with van der Waals surface area (Å²) in [7, 11) is 0. The Hall–Kier alpha value is -4.12. The van der Waals surface area contributed by atoms with Crippen LogP contribution in [0, 0.1) is 11.3 Å². The molecule has 0 saturated heterocycles. The van der Waals surface area contributed by atoms with E-state index in [0.717, 1.165) is 5.69 Å². The average molecular weight is 344 g/mol. The van der Waals surface area contributed by atoms with Crippen molar-refractivity contribution in [2.24, 2.45) is 0 Å². The second-order valence-corrected chi connectivity index (χ2v) is 5.36. The van der Waals surface area contributed by atoms with E-state index in [4.69, 9.17) is 4.42 Å². The van der Waals surface area contributed by atoms with E-state index in [0.29, 0.717) is 11.5 Å². The molecule has 0 aliphatic heterocycles. The molecule has 3 heterocycles. The van der Waals surface area contributed by atoms with E-state index in [2.05, 4.69) is 20.6 Å². The molecule has 0 aliphatic rings. The molecule has 0 saturated carbocycles. The fraction of sp³-hybridized carbons (Fsp3) is 0. The van der Waals surface area contributed by atoms with Crippen LogP contribution in [-0.2, 0) is 0 Å². The summed E-state index contributed by atoms with van der Waals surface area (Å²) in [5, 5.41) is 23.0. The highest BCUT2D eigenvalue weighted by molar-refractivity contribution is 6.03. The van der Waals surface area contributed by atoms with Gasteiger partial charge in [-0.05, 0) is 24.3 Å². The van der Waals surface area contributed by atoms with Crippen molar-refractivity contribution in [2.75, 3.05) is 5.32 Å². The van der Waals surface area contributed by atoms with Crippen LogP contribution >= 0.6 is 0 Å². The number of H-pyrrole nitrogens is 1. The maximum atomic E-state index is 12.6. The summed E-state index contributed by atoms with van der Waals surface area (Å²) in [6.45, 7) is 0. The molecule has 4 rings (SSSR count). The van der Waals surface area contributed by atoms with Gasteiger partial charge in [-0.25, -0.2) is 4.68 Å². The van der Waals surface area contributed by atoms with Gasteiger partial charge in [-0.1, -0.05) is 18.2 Å². The second kappa shape index (κ2) is 6.41. The molecular weight excluding hydrogens is 332 g/mol. The Morgan fingerprint density at radius 2 is 2.08 bits per heavy atom. The summed E-state index contributed by atoms with van der Waals surface area (Å²) in [4.78, 5) is 12.6. The fourth-order valence-electron chi connectivity index (χ4n) is 2.48. The number of rotatable bonds is 4. The topological polar surface area (TPSA) is 113 Å². The first kappa shape index (κ1) is 15.4. The van der Waals surface area contributed by atoms with Gasteiger partial charge in [-0.2, -0.15) is 15.5 Å². The Bertz CT molecular complexity index is 1090. The SMILES string of the molecule is N#Cc1cnn(-c2ccccc2)c1NC(=O)c1cc(-c2ccco2)[nH]n1. The molecule has 0 spiro atoms. The normalized spacial score (nSPS) is 10.4. The lowest BCUT2D eigenvalue weighted by atomic mass is 10.3. The van der Waals surface area contributed by atoms with Crippen LogP contribution in [0.5, 0.6) is 0 Å². The van der Waals surface area contributed by atoms with Gasteiger partial charge >= 0.3 is 0 Å². The minimum Gasteiger partial charge on any atom is -0.463 e. The van der Waals surface area contributed by atoms with Crippen LogP contribution in [0.1, 0.15) is 16.1 Å². The Balaban J connectivity index is 1.64. The first-order valence-electron chi connectivity index (χ1n) is 7.70. The van der Waals surface area contributed by atoms with E-state index in [1.807, 2.05) is 36.4 Å². The Morgan fingerprint density at radius 3 is 2.81 bits per heavy atom. The maximum Gasteiger partial charge on any atom is 0.277 e. The van der Waals surface area contributed by atoms with Crippen LogP contribution in [0.4, 0.5) is 5.82 Å². The molecule has 0 bridgehead atoms. The molecule has 8 nitrogen and oxygen atoms in total. The van der Waals surface area contributed by atoms with Crippen molar-refractivity contribution >= 4 is 11.7 Å². The van der Waals surface area contributed by atoms with Crippen molar-refractivity contribution < 1.29 is 9.21 Å². The first-order valence-corrected chi connectivity index (χ1v) is 7.70. The summed E-state index contributed by atoms with van der Waals surface area (Å²) in [5.41, 5.74) is 1.73. The molecule has 1 amide bonds. The largest absolute Gasteiger partial charge is 0.463 e. The van der Waals surface area contributed by atoms with Crippen LogP contribution in [0.2, 0.25) is 0 Å². The molecule has 3 aromatic heterocycles. The number of nitrogens with one attached hydrogen (secondary N) is 2. The summed E-state index contributed by atoms with van der Waals surface area (Å²) in [5.74, 6) is 0.392. The van der Waals surface area contributed by atoms with Crippen LogP contribution in [0.25, 0.3) is 17.1 Å². The Labute approximate surface area is 147 Å². The van der Waals surface area contributed by atoms with Crippen molar-refractivity contribution in [1.82, 2.24) is 20.0 Å². The number of aromatic amines is 1. The van der Waals surface area contributed by atoms with Gasteiger partial charge in [-0.3, -0.25) is 9.89 Å². The minimum atomic E-state index is -0.465. The molecule has 0 radical (unpaired) electrons. The zero-order valence-corrected chi connectivity index (χ0v) is 13.4. The number of furan rings is 1. The number of nitriles is 1. The molecule has 8 heteroatoms. The molecule has 0 fully saturated rings. The molecule has 1 aromatic carbocycles. The fourth-order valence-corrected chi connectivity index (χ4v) is 2.48. The third kappa shape index (κ3) is 2.74. The van der Waals surface area contributed by atoms with Gasteiger partial charge in [0.1, 0.15) is 17.3 Å². The lowest BCUT2D eigenvalue weighted by Gasteiger charge is -2.08. The monoisotopic (exact) mass is 344 g/mol. The summed E-state index contributed by atoms with van der Waals surface area (Å²) < 4.78 is 6.77. The number of nitrogens with zero attached hydrogens (tertiary/aromatic N) is 4. The van der Waals surface area contributed by atoms with Gasteiger partial charge < -0.3 is 9.73 Å². The van der Waals surface area contributed by atoms with Crippen molar-refractivity contribution in [1.29, 1.82) is 5.26 Å². The summed E-state index contributed by atoms with van der Waals surface area (Å²) in [6.07, 6.45) is 2.94. The van der Waals surface area contributed by atoms with Gasteiger partial charge in [0.2, 0.25) is 0 Å². The highest BCUT2D eigenvalue weighted by Crippen LogP contribution is 2.22. The van der Waals surface area contributed by atoms with Crippen molar-refractivity contribution in [3.05, 3.63) is 72.2 Å². The first-order chi connectivity index (χ1) is 12.8. The number of hydrogen-bond acceptors (Lipinski definition) is 5. The minimum absolute atomic E-state index is 0.168. The van der Waals surface area contributed by atoms with E-state index >= 15 is 0 Å². The number of anilines is 1. The lowest BCUT2D eigenvalue weighted by Crippen LogP contribution is -2.16. The van der Waals surface area contributed by atoms with Crippen molar-refractivity contribution in [2.45, 2.75) is 0 Å². The third-order valence-corrected chi connectivity index (χ3v) is 3.72. The molecule has 0 unspecified atom stereocenters. The lowest BCUT2D eigenvalue weighted by molar-refractivity contribution is 0.102. The molecular formula is C18H12N6O2. The van der Waals surface area contributed by atoms with Crippen LogP contribution in [0.15, 0.2) is 65.4 Å². The smallest absolute Gasteiger partial charge is 0.277 e. The second-order valence-electron chi connectivity index (χ2n) is 5.36. The molecule has 4 aromatic rings. The number of amides is 1. The highest BCUT2D eigenvalue weighted by atomic mass is 16.3. The number of carbonyl (C=O) groups is 1. The number of carbonyl (C=O) groups excluding carboxylic acids is 1. The predicted molar refractivity (Wildman–Crippen MR) is 92.5 cm³/mol. The molecule has 2 N–H and O–H groups in total. The molecule has 0 atom stereocenters. The Morgan fingerprint density at radius 1 is 1.23 bits per heavy atom. The Kier molecular flexibility index (Phi) is 3.80.